The number of amides is 1. The van der Waals surface area contributed by atoms with Crippen LogP contribution in [0, 0.1) is 11.7 Å². The van der Waals surface area contributed by atoms with Gasteiger partial charge in [0.05, 0.1) is 6.20 Å². The van der Waals surface area contributed by atoms with Gasteiger partial charge in [-0.05, 0) is 43.7 Å². The molecular formula is C18H26Cl2FN5O. The van der Waals surface area contributed by atoms with E-state index >= 15 is 0 Å². The molecule has 2 atom stereocenters. The number of hydrogen-bond donors (Lipinski definition) is 2. The van der Waals surface area contributed by atoms with Crippen LogP contribution < -0.4 is 15.5 Å². The van der Waals surface area contributed by atoms with Gasteiger partial charge in [-0.1, -0.05) is 0 Å². The van der Waals surface area contributed by atoms with Crippen molar-refractivity contribution in [2.24, 2.45) is 13.0 Å². The zero-order chi connectivity index (χ0) is 17.8. The second kappa shape index (κ2) is 10.5. The van der Waals surface area contributed by atoms with Crippen molar-refractivity contribution in [2.45, 2.75) is 12.5 Å². The van der Waals surface area contributed by atoms with Gasteiger partial charge in [0.15, 0.2) is 0 Å². The van der Waals surface area contributed by atoms with Crippen molar-refractivity contribution in [3.63, 3.8) is 0 Å². The number of nitrogens with zero attached hydrogens (tertiary/aromatic N) is 3. The Kier molecular flexibility index (Phi) is 9.02. The van der Waals surface area contributed by atoms with Crippen molar-refractivity contribution in [2.75, 3.05) is 31.6 Å². The summed E-state index contributed by atoms with van der Waals surface area (Å²) < 4.78 is 14.7. The molecule has 1 aliphatic rings. The molecule has 0 bridgehead atoms. The minimum Gasteiger partial charge on any atom is -0.371 e. The number of likely N-dealkylation sites (N-methyl/N-ethyl adjacent to an activating group) is 1. The van der Waals surface area contributed by atoms with E-state index in [1.165, 1.54) is 12.1 Å². The summed E-state index contributed by atoms with van der Waals surface area (Å²) in [7, 11) is 3.60. The van der Waals surface area contributed by atoms with Gasteiger partial charge in [-0.15, -0.1) is 24.8 Å². The standard InChI is InChI=1S/C18H24FN5O.2ClH/c1-20-17(14-10-22-23(2)12-14)18(25)21-9-13-7-8-24(11-13)16-5-3-15(19)4-6-16;;/h3-6,10,12-13,17,20H,7-9,11H2,1-2H3,(H,21,25);2*1H. The third-order valence-corrected chi connectivity index (χ3v) is 4.65. The first-order valence-electron chi connectivity index (χ1n) is 8.51. The van der Waals surface area contributed by atoms with Crippen molar-refractivity contribution in [1.82, 2.24) is 20.4 Å². The molecule has 150 valence electrons. The van der Waals surface area contributed by atoms with Crippen LogP contribution in [0.1, 0.15) is 18.0 Å². The van der Waals surface area contributed by atoms with Gasteiger partial charge in [-0.3, -0.25) is 9.48 Å². The SMILES string of the molecule is CNC(C(=O)NCC1CCN(c2ccc(F)cc2)C1)c1cnn(C)c1.Cl.Cl. The van der Waals surface area contributed by atoms with Crippen LogP contribution in [0.3, 0.4) is 0 Å². The van der Waals surface area contributed by atoms with E-state index in [-0.39, 0.29) is 36.5 Å². The molecule has 27 heavy (non-hydrogen) atoms. The minimum atomic E-state index is -0.400. The molecule has 2 N–H and O–H groups in total. The first-order chi connectivity index (χ1) is 12.1. The molecule has 1 aliphatic heterocycles. The molecule has 1 fully saturated rings. The van der Waals surface area contributed by atoms with Crippen LogP contribution in [-0.2, 0) is 11.8 Å². The largest absolute Gasteiger partial charge is 0.371 e. The summed E-state index contributed by atoms with van der Waals surface area (Å²) in [4.78, 5) is 14.7. The Labute approximate surface area is 171 Å². The summed E-state index contributed by atoms with van der Waals surface area (Å²) in [6, 6.07) is 6.17. The lowest BCUT2D eigenvalue weighted by Crippen LogP contribution is -2.38. The number of aryl methyl sites for hydroxylation is 1. The molecule has 0 radical (unpaired) electrons. The predicted octanol–water partition coefficient (Wildman–Crippen LogP) is 2.31. The highest BCUT2D eigenvalue weighted by molar-refractivity contribution is 5.85. The van der Waals surface area contributed by atoms with E-state index in [1.807, 2.05) is 13.2 Å². The lowest BCUT2D eigenvalue weighted by Gasteiger charge is -2.20. The Morgan fingerprint density at radius 3 is 2.63 bits per heavy atom. The van der Waals surface area contributed by atoms with Crippen molar-refractivity contribution in [3.8, 4) is 0 Å². The van der Waals surface area contributed by atoms with Gasteiger partial charge in [0.2, 0.25) is 5.91 Å². The Bertz CT molecular complexity index is 725. The van der Waals surface area contributed by atoms with Gasteiger partial charge < -0.3 is 15.5 Å². The van der Waals surface area contributed by atoms with E-state index in [1.54, 1.807) is 30.1 Å². The van der Waals surface area contributed by atoms with Gasteiger partial charge in [-0.2, -0.15) is 5.10 Å². The Morgan fingerprint density at radius 2 is 2.04 bits per heavy atom. The molecule has 0 aliphatic carbocycles. The van der Waals surface area contributed by atoms with E-state index in [0.717, 1.165) is 30.8 Å². The summed E-state index contributed by atoms with van der Waals surface area (Å²) in [5.74, 6) is 0.122. The molecule has 3 rings (SSSR count). The van der Waals surface area contributed by atoms with Crippen LogP contribution in [0.25, 0.3) is 0 Å². The van der Waals surface area contributed by atoms with Crippen LogP contribution in [0.15, 0.2) is 36.7 Å². The summed E-state index contributed by atoms with van der Waals surface area (Å²) in [6.07, 6.45) is 4.55. The molecule has 2 heterocycles. The third-order valence-electron chi connectivity index (χ3n) is 4.65. The zero-order valence-electron chi connectivity index (χ0n) is 15.4. The second-order valence-electron chi connectivity index (χ2n) is 6.49. The third kappa shape index (κ3) is 5.82. The number of hydrogen-bond acceptors (Lipinski definition) is 4. The number of halogens is 3. The highest BCUT2D eigenvalue weighted by Crippen LogP contribution is 2.23. The lowest BCUT2D eigenvalue weighted by atomic mass is 10.1. The fourth-order valence-electron chi connectivity index (χ4n) is 3.27. The number of anilines is 1. The van der Waals surface area contributed by atoms with Crippen LogP contribution in [0.2, 0.25) is 0 Å². The Balaban J connectivity index is 0.00000182. The number of benzene rings is 1. The monoisotopic (exact) mass is 417 g/mol. The predicted molar refractivity (Wildman–Crippen MR) is 109 cm³/mol. The molecule has 0 spiro atoms. The smallest absolute Gasteiger partial charge is 0.241 e. The highest BCUT2D eigenvalue weighted by Gasteiger charge is 2.25. The molecular weight excluding hydrogens is 392 g/mol. The van der Waals surface area contributed by atoms with E-state index in [9.17, 15) is 9.18 Å². The normalized spacial score (nSPS) is 17.0. The maximum absolute atomic E-state index is 13.0. The first-order valence-corrected chi connectivity index (χ1v) is 8.51. The molecule has 6 nitrogen and oxygen atoms in total. The minimum absolute atomic E-state index is 0. The number of nitrogens with one attached hydrogen (secondary N) is 2. The number of aromatic nitrogens is 2. The maximum atomic E-state index is 13.0. The second-order valence-corrected chi connectivity index (χ2v) is 6.49. The van der Waals surface area contributed by atoms with Gasteiger partial charge in [-0.25, -0.2) is 4.39 Å². The van der Waals surface area contributed by atoms with Crippen molar-refractivity contribution in [3.05, 3.63) is 48.0 Å². The maximum Gasteiger partial charge on any atom is 0.241 e. The van der Waals surface area contributed by atoms with Gasteiger partial charge in [0.1, 0.15) is 11.9 Å². The highest BCUT2D eigenvalue weighted by atomic mass is 35.5. The zero-order valence-corrected chi connectivity index (χ0v) is 17.0. The van der Waals surface area contributed by atoms with Gasteiger partial charge >= 0.3 is 0 Å². The summed E-state index contributed by atoms with van der Waals surface area (Å²) in [5, 5.41) is 10.2. The average molecular weight is 418 g/mol. The Hall–Kier alpha value is -1.83. The first kappa shape index (κ1) is 23.2. The number of rotatable bonds is 6. The summed E-state index contributed by atoms with van der Waals surface area (Å²) >= 11 is 0. The van der Waals surface area contributed by atoms with Crippen LogP contribution in [-0.4, -0.2) is 42.4 Å². The van der Waals surface area contributed by atoms with Crippen LogP contribution in [0.4, 0.5) is 10.1 Å². The number of carbonyl (C=O) groups excluding carboxylic acids is 1. The summed E-state index contributed by atoms with van der Waals surface area (Å²) in [6.45, 7) is 2.42. The fourth-order valence-corrected chi connectivity index (χ4v) is 3.27. The van der Waals surface area contributed by atoms with E-state index in [0.29, 0.717) is 12.5 Å². The lowest BCUT2D eigenvalue weighted by molar-refractivity contribution is -0.123. The van der Waals surface area contributed by atoms with E-state index in [4.69, 9.17) is 0 Å². The van der Waals surface area contributed by atoms with E-state index < -0.39 is 6.04 Å². The molecule has 9 heteroatoms. The molecule has 2 unspecified atom stereocenters. The van der Waals surface area contributed by atoms with Crippen molar-refractivity contribution in [1.29, 1.82) is 0 Å². The summed E-state index contributed by atoms with van der Waals surface area (Å²) in [5.41, 5.74) is 1.88. The molecule has 1 saturated heterocycles. The molecule has 1 aromatic heterocycles. The molecule has 1 aromatic carbocycles. The topological polar surface area (TPSA) is 62.2 Å². The fraction of sp³-hybridized carbons (Fsp3) is 0.444. The van der Waals surface area contributed by atoms with Crippen molar-refractivity contribution >= 4 is 36.4 Å². The quantitative estimate of drug-likeness (QED) is 0.756. The molecule has 2 aromatic rings. The average Bonchev–Trinajstić information content (AvgIpc) is 3.24. The Morgan fingerprint density at radius 1 is 1.33 bits per heavy atom. The van der Waals surface area contributed by atoms with Crippen molar-refractivity contribution < 1.29 is 9.18 Å². The van der Waals surface area contributed by atoms with Gasteiger partial charge in [0, 0.05) is 44.1 Å². The van der Waals surface area contributed by atoms with Crippen LogP contribution >= 0.6 is 24.8 Å². The molecule has 0 saturated carbocycles. The van der Waals surface area contributed by atoms with Crippen LogP contribution in [0.5, 0.6) is 0 Å². The molecule has 1 amide bonds. The number of carbonyl (C=O) groups is 1. The van der Waals surface area contributed by atoms with Gasteiger partial charge in [0.25, 0.3) is 0 Å². The van der Waals surface area contributed by atoms with E-state index in [2.05, 4.69) is 20.6 Å².